The van der Waals surface area contributed by atoms with Crippen molar-refractivity contribution in [2.75, 3.05) is 6.54 Å². The van der Waals surface area contributed by atoms with Crippen LogP contribution in [0.1, 0.15) is 19.3 Å². The highest BCUT2D eigenvalue weighted by molar-refractivity contribution is 6.89. The highest BCUT2D eigenvalue weighted by Crippen LogP contribution is 1.96. The second-order valence-corrected chi connectivity index (χ2v) is 6.91. The molecule has 0 unspecified atom stereocenters. The van der Waals surface area contributed by atoms with E-state index in [-0.39, 0.29) is 0 Å². The molecule has 2 N–H and O–H groups in total. The fourth-order valence-corrected chi connectivity index (χ4v) is 3.10. The molecule has 0 bridgehead atoms. The summed E-state index contributed by atoms with van der Waals surface area (Å²) in [5.74, 6) is 0. The molecule has 0 aliphatic carbocycles. The number of hydrogen-bond donors (Lipinski definition) is 1. The molecule has 0 aromatic carbocycles. The molecule has 0 heterocycles. The maximum Gasteiger partial charge on any atom is 0.00412 e. The SMILES string of the molecule is NCCCCC[SiH2][SiH3]. The Morgan fingerprint density at radius 1 is 1.25 bits per heavy atom. The number of rotatable bonds is 5. The molecule has 1 nitrogen and oxygen atoms in total. The molecule has 0 aromatic rings. The smallest absolute Gasteiger partial charge is 0.00412 e. The summed E-state index contributed by atoms with van der Waals surface area (Å²) in [4.78, 5) is 0. The lowest BCUT2D eigenvalue weighted by Gasteiger charge is -1.93. The van der Waals surface area contributed by atoms with Crippen molar-refractivity contribution in [1.82, 2.24) is 0 Å². The molecule has 0 aliphatic rings. The first-order valence-electron chi connectivity index (χ1n) is 3.62. The fourth-order valence-electron chi connectivity index (χ4n) is 0.748. The Morgan fingerprint density at radius 2 is 2.00 bits per heavy atom. The van der Waals surface area contributed by atoms with E-state index < -0.39 is 0 Å². The quantitative estimate of drug-likeness (QED) is 0.391. The molecule has 50 valence electrons. The average Bonchev–Trinajstić information content (AvgIpc) is 1.81. The molecule has 8 heavy (non-hydrogen) atoms. The normalized spacial score (nSPS) is 11.6. The molecule has 0 saturated heterocycles. The Hall–Kier alpha value is 0.394. The van der Waals surface area contributed by atoms with Crippen molar-refractivity contribution < 1.29 is 0 Å². The van der Waals surface area contributed by atoms with E-state index in [1.165, 1.54) is 29.0 Å². The van der Waals surface area contributed by atoms with Gasteiger partial charge in [-0.15, -0.1) is 0 Å². The van der Waals surface area contributed by atoms with E-state index in [9.17, 15) is 0 Å². The molecule has 0 saturated carbocycles. The molecule has 0 aliphatic heterocycles. The molecule has 3 heteroatoms. The van der Waals surface area contributed by atoms with Crippen LogP contribution < -0.4 is 5.73 Å². The summed E-state index contributed by atoms with van der Waals surface area (Å²) in [6.07, 6.45) is 4.09. The predicted molar refractivity (Wildman–Crippen MR) is 46.2 cm³/mol. The lowest BCUT2D eigenvalue weighted by Crippen LogP contribution is -1.98. The Labute approximate surface area is 57.1 Å². The number of nitrogens with two attached hydrogens (primary N) is 1. The van der Waals surface area contributed by atoms with Gasteiger partial charge in [-0.05, 0) is 22.7 Å². The minimum absolute atomic E-state index is 0.484. The van der Waals surface area contributed by atoms with E-state index in [0.29, 0.717) is 9.04 Å². The van der Waals surface area contributed by atoms with Gasteiger partial charge in [0.05, 0.1) is 0 Å². The second kappa shape index (κ2) is 7.39. The minimum atomic E-state index is 0.484. The third-order valence-electron chi connectivity index (χ3n) is 1.31. The van der Waals surface area contributed by atoms with Crippen molar-refractivity contribution in [3.8, 4) is 0 Å². The van der Waals surface area contributed by atoms with Gasteiger partial charge in [0.25, 0.3) is 0 Å². The van der Waals surface area contributed by atoms with E-state index in [1.54, 1.807) is 6.04 Å². The van der Waals surface area contributed by atoms with E-state index >= 15 is 0 Å². The molecule has 0 fully saturated rings. The van der Waals surface area contributed by atoms with Gasteiger partial charge in [-0.1, -0.05) is 18.9 Å². The molecule has 0 aromatic heterocycles. The zero-order valence-electron chi connectivity index (χ0n) is 5.82. The zero-order valence-corrected chi connectivity index (χ0v) is 9.23. The highest BCUT2D eigenvalue weighted by Gasteiger charge is 1.83. The molecular weight excluding hydrogens is 130 g/mol. The van der Waals surface area contributed by atoms with Crippen LogP contribution in [-0.2, 0) is 0 Å². The van der Waals surface area contributed by atoms with E-state index in [1.807, 2.05) is 0 Å². The van der Waals surface area contributed by atoms with Crippen LogP contribution in [0.15, 0.2) is 0 Å². The average molecular weight is 147 g/mol. The van der Waals surface area contributed by atoms with Gasteiger partial charge < -0.3 is 5.73 Å². The topological polar surface area (TPSA) is 26.0 Å². The molecule has 0 spiro atoms. The molecule has 0 radical (unpaired) electrons. The molecular formula is C5H17NSi2. The van der Waals surface area contributed by atoms with Crippen molar-refractivity contribution in [2.45, 2.75) is 25.3 Å². The van der Waals surface area contributed by atoms with Crippen LogP contribution in [0.5, 0.6) is 0 Å². The standard InChI is InChI=1S/C5H17NSi2/c6-4-2-1-3-5-8-7/h1-6,8H2,7H3. The molecule has 0 amide bonds. The highest BCUT2D eigenvalue weighted by atomic mass is 29.1. The van der Waals surface area contributed by atoms with Crippen LogP contribution in [0, 0.1) is 0 Å². The van der Waals surface area contributed by atoms with Gasteiger partial charge in [0.1, 0.15) is 0 Å². The lowest BCUT2D eigenvalue weighted by molar-refractivity contribution is 0.726. The third-order valence-corrected chi connectivity index (χ3v) is 4.64. The lowest BCUT2D eigenvalue weighted by atomic mass is 10.2. The second-order valence-electron chi connectivity index (χ2n) is 2.20. The summed E-state index contributed by atoms with van der Waals surface area (Å²) in [6, 6.07) is 1.58. The summed E-state index contributed by atoms with van der Waals surface area (Å²) in [5.41, 5.74) is 5.33. The van der Waals surface area contributed by atoms with Gasteiger partial charge >= 0.3 is 0 Å². The van der Waals surface area contributed by atoms with Gasteiger partial charge in [-0.3, -0.25) is 0 Å². The van der Waals surface area contributed by atoms with E-state index in [4.69, 9.17) is 5.73 Å². The van der Waals surface area contributed by atoms with Gasteiger partial charge in [0, 0.05) is 9.04 Å². The summed E-state index contributed by atoms with van der Waals surface area (Å²) >= 11 is 0. The monoisotopic (exact) mass is 147 g/mol. The fraction of sp³-hybridized carbons (Fsp3) is 1.00. The van der Waals surface area contributed by atoms with E-state index in [2.05, 4.69) is 0 Å². The first-order valence-corrected chi connectivity index (χ1v) is 10.3. The summed E-state index contributed by atoms with van der Waals surface area (Å²) in [5, 5.41) is 0. The first-order chi connectivity index (χ1) is 3.91. The maximum atomic E-state index is 5.33. The summed E-state index contributed by atoms with van der Waals surface area (Å²) in [7, 11) is 2.00. The van der Waals surface area contributed by atoms with Crippen LogP contribution in [-0.4, -0.2) is 25.3 Å². The van der Waals surface area contributed by atoms with Crippen molar-refractivity contribution in [1.29, 1.82) is 0 Å². The first kappa shape index (κ1) is 8.39. The molecule has 0 rings (SSSR count). The summed E-state index contributed by atoms with van der Waals surface area (Å²) in [6.45, 7) is 0.892. The van der Waals surface area contributed by atoms with Crippen LogP contribution >= 0.6 is 0 Å². The van der Waals surface area contributed by atoms with Gasteiger partial charge in [0.15, 0.2) is 0 Å². The van der Waals surface area contributed by atoms with Gasteiger partial charge in [-0.25, -0.2) is 0 Å². The van der Waals surface area contributed by atoms with Crippen molar-refractivity contribution in [3.05, 3.63) is 0 Å². The predicted octanol–water partition coefficient (Wildman–Crippen LogP) is -1.02. The zero-order chi connectivity index (χ0) is 6.24. The van der Waals surface area contributed by atoms with Crippen LogP contribution in [0.3, 0.4) is 0 Å². The Kier molecular flexibility index (Phi) is 7.76. The Bertz CT molecular complexity index is 35.4. The summed E-state index contributed by atoms with van der Waals surface area (Å²) < 4.78 is 0. The van der Waals surface area contributed by atoms with Crippen LogP contribution in [0.4, 0.5) is 0 Å². The van der Waals surface area contributed by atoms with Gasteiger partial charge in [-0.2, -0.15) is 0 Å². The van der Waals surface area contributed by atoms with Crippen LogP contribution in [0.25, 0.3) is 0 Å². The van der Waals surface area contributed by atoms with Crippen molar-refractivity contribution >= 4 is 18.8 Å². The van der Waals surface area contributed by atoms with Crippen molar-refractivity contribution in [2.24, 2.45) is 5.73 Å². The van der Waals surface area contributed by atoms with Gasteiger partial charge in [0.2, 0.25) is 0 Å². The largest absolute Gasteiger partial charge is 0.330 e. The number of hydrogen-bond acceptors (Lipinski definition) is 1. The Balaban J connectivity index is 2.53. The Morgan fingerprint density at radius 3 is 2.50 bits per heavy atom. The van der Waals surface area contributed by atoms with Crippen LogP contribution in [0.2, 0.25) is 6.04 Å². The number of unbranched alkanes of at least 4 members (excludes halogenated alkanes) is 2. The van der Waals surface area contributed by atoms with E-state index in [0.717, 1.165) is 6.54 Å². The third kappa shape index (κ3) is 6.39. The van der Waals surface area contributed by atoms with Crippen molar-refractivity contribution in [3.63, 3.8) is 0 Å². The minimum Gasteiger partial charge on any atom is -0.330 e. The molecule has 0 atom stereocenters. The maximum absolute atomic E-state index is 5.33.